The second kappa shape index (κ2) is 8.56. The van der Waals surface area contributed by atoms with Gasteiger partial charge >= 0.3 is 0 Å². The highest BCUT2D eigenvalue weighted by Crippen LogP contribution is 2.18. The number of amides is 1. The first-order chi connectivity index (χ1) is 13.4. The van der Waals surface area contributed by atoms with Crippen LogP contribution < -0.4 is 5.73 Å². The first-order valence-corrected chi connectivity index (χ1v) is 8.99. The standard InChI is InChI=1S/C21H22FN5O/c1-14(2)18-11-19(26-21(23)25-18)20(28)27(13-16-7-9-24-10-8-16)12-15-3-5-17(22)6-4-15/h3-11,14H,12-13H2,1-2H3,(H2,23,25,26). The van der Waals surface area contributed by atoms with E-state index >= 15 is 0 Å². The molecule has 0 saturated heterocycles. The van der Waals surface area contributed by atoms with Crippen molar-refractivity contribution in [1.82, 2.24) is 19.9 Å². The summed E-state index contributed by atoms with van der Waals surface area (Å²) in [5, 5.41) is 0. The molecule has 2 aromatic heterocycles. The second-order valence-corrected chi connectivity index (χ2v) is 6.83. The van der Waals surface area contributed by atoms with Crippen molar-refractivity contribution in [1.29, 1.82) is 0 Å². The molecule has 2 N–H and O–H groups in total. The lowest BCUT2D eigenvalue weighted by Gasteiger charge is -2.23. The molecule has 3 aromatic rings. The molecule has 0 saturated carbocycles. The summed E-state index contributed by atoms with van der Waals surface area (Å²) >= 11 is 0. The largest absolute Gasteiger partial charge is 0.368 e. The summed E-state index contributed by atoms with van der Waals surface area (Å²) in [7, 11) is 0. The number of anilines is 1. The highest BCUT2D eigenvalue weighted by molar-refractivity contribution is 5.92. The van der Waals surface area contributed by atoms with Crippen LogP contribution in [0, 0.1) is 5.82 Å². The average molecular weight is 379 g/mol. The minimum atomic E-state index is -0.319. The highest BCUT2D eigenvalue weighted by atomic mass is 19.1. The second-order valence-electron chi connectivity index (χ2n) is 6.83. The van der Waals surface area contributed by atoms with E-state index in [1.165, 1.54) is 12.1 Å². The summed E-state index contributed by atoms with van der Waals surface area (Å²) < 4.78 is 13.2. The predicted octanol–water partition coefficient (Wildman–Crippen LogP) is 3.56. The Morgan fingerprint density at radius 2 is 1.64 bits per heavy atom. The summed E-state index contributed by atoms with van der Waals surface area (Å²) in [6, 6.07) is 11.4. The summed E-state index contributed by atoms with van der Waals surface area (Å²) in [4.78, 5) is 27.2. The van der Waals surface area contributed by atoms with Gasteiger partial charge in [-0.1, -0.05) is 26.0 Å². The number of carbonyl (C=O) groups is 1. The molecule has 0 atom stereocenters. The molecule has 0 bridgehead atoms. The number of hydrogen-bond donors (Lipinski definition) is 1. The van der Waals surface area contributed by atoms with Gasteiger partial charge < -0.3 is 10.6 Å². The molecule has 6 nitrogen and oxygen atoms in total. The summed E-state index contributed by atoms with van der Waals surface area (Å²) in [6.07, 6.45) is 3.35. The van der Waals surface area contributed by atoms with Gasteiger partial charge in [0.2, 0.25) is 5.95 Å². The summed E-state index contributed by atoms with van der Waals surface area (Å²) in [5.74, 6) is -0.402. The van der Waals surface area contributed by atoms with Crippen molar-refractivity contribution in [2.75, 3.05) is 5.73 Å². The van der Waals surface area contributed by atoms with Gasteiger partial charge in [-0.05, 0) is 47.4 Å². The van der Waals surface area contributed by atoms with E-state index in [0.717, 1.165) is 11.1 Å². The Morgan fingerprint density at radius 3 is 2.25 bits per heavy atom. The minimum Gasteiger partial charge on any atom is -0.368 e. The van der Waals surface area contributed by atoms with Gasteiger partial charge in [0.05, 0.1) is 0 Å². The molecule has 0 spiro atoms. The van der Waals surface area contributed by atoms with Gasteiger partial charge in [-0.25, -0.2) is 14.4 Å². The van der Waals surface area contributed by atoms with Crippen LogP contribution in [0.3, 0.4) is 0 Å². The zero-order valence-corrected chi connectivity index (χ0v) is 15.8. The van der Waals surface area contributed by atoms with E-state index in [1.807, 2.05) is 26.0 Å². The Hall–Kier alpha value is -3.35. The third-order valence-electron chi connectivity index (χ3n) is 4.27. The van der Waals surface area contributed by atoms with Gasteiger partial charge in [-0.2, -0.15) is 0 Å². The van der Waals surface area contributed by atoms with Crippen LogP contribution in [0.5, 0.6) is 0 Å². The van der Waals surface area contributed by atoms with Gasteiger partial charge in [-0.15, -0.1) is 0 Å². The van der Waals surface area contributed by atoms with Crippen LogP contribution in [0.2, 0.25) is 0 Å². The fourth-order valence-corrected chi connectivity index (χ4v) is 2.77. The lowest BCUT2D eigenvalue weighted by atomic mass is 10.1. The number of halogens is 1. The van der Waals surface area contributed by atoms with Crippen molar-refractivity contribution in [3.8, 4) is 0 Å². The number of nitrogens with zero attached hydrogens (tertiary/aromatic N) is 4. The Kier molecular flexibility index (Phi) is 5.93. The van der Waals surface area contributed by atoms with E-state index in [-0.39, 0.29) is 29.3 Å². The molecule has 0 aliphatic rings. The molecule has 144 valence electrons. The Balaban J connectivity index is 1.93. The predicted molar refractivity (Wildman–Crippen MR) is 105 cm³/mol. The maximum atomic E-state index is 13.2. The normalized spacial score (nSPS) is 10.9. The average Bonchev–Trinajstić information content (AvgIpc) is 2.69. The van der Waals surface area contributed by atoms with E-state index in [9.17, 15) is 9.18 Å². The fourth-order valence-electron chi connectivity index (χ4n) is 2.77. The van der Waals surface area contributed by atoms with Crippen molar-refractivity contribution < 1.29 is 9.18 Å². The van der Waals surface area contributed by atoms with Crippen molar-refractivity contribution in [3.63, 3.8) is 0 Å². The first-order valence-electron chi connectivity index (χ1n) is 8.99. The van der Waals surface area contributed by atoms with E-state index in [4.69, 9.17) is 5.73 Å². The number of nitrogens with two attached hydrogens (primary N) is 1. The van der Waals surface area contributed by atoms with Crippen LogP contribution in [0.25, 0.3) is 0 Å². The van der Waals surface area contributed by atoms with Gasteiger partial charge in [0.15, 0.2) is 0 Å². The van der Waals surface area contributed by atoms with E-state index in [1.54, 1.807) is 35.5 Å². The van der Waals surface area contributed by atoms with Crippen molar-refractivity contribution >= 4 is 11.9 Å². The fraction of sp³-hybridized carbons (Fsp3) is 0.238. The number of aromatic nitrogens is 3. The number of hydrogen-bond acceptors (Lipinski definition) is 5. The molecule has 1 aromatic carbocycles. The molecule has 0 fully saturated rings. The third kappa shape index (κ3) is 4.88. The summed E-state index contributed by atoms with van der Waals surface area (Å²) in [5.41, 5.74) is 8.51. The SMILES string of the molecule is CC(C)c1cc(C(=O)N(Cc2ccncc2)Cc2ccc(F)cc2)nc(N)n1. The highest BCUT2D eigenvalue weighted by Gasteiger charge is 2.20. The quantitative estimate of drug-likeness (QED) is 0.708. The summed E-state index contributed by atoms with van der Waals surface area (Å²) in [6.45, 7) is 4.62. The van der Waals surface area contributed by atoms with Crippen LogP contribution in [-0.2, 0) is 13.1 Å². The van der Waals surface area contributed by atoms with Crippen LogP contribution in [0.1, 0.15) is 47.1 Å². The Labute approximate surface area is 163 Å². The zero-order valence-electron chi connectivity index (χ0n) is 15.8. The van der Waals surface area contributed by atoms with E-state index in [2.05, 4.69) is 15.0 Å². The maximum absolute atomic E-state index is 13.2. The molecule has 0 aliphatic carbocycles. The Morgan fingerprint density at radius 1 is 1.04 bits per heavy atom. The monoisotopic (exact) mass is 379 g/mol. The van der Waals surface area contributed by atoms with Crippen molar-refractivity contribution in [2.45, 2.75) is 32.9 Å². The lowest BCUT2D eigenvalue weighted by Crippen LogP contribution is -2.31. The minimum absolute atomic E-state index is 0.0696. The topological polar surface area (TPSA) is 85.0 Å². The molecular formula is C21H22FN5O. The molecule has 0 unspecified atom stereocenters. The number of pyridine rings is 1. The lowest BCUT2D eigenvalue weighted by molar-refractivity contribution is 0.0723. The maximum Gasteiger partial charge on any atom is 0.273 e. The zero-order chi connectivity index (χ0) is 20.1. The first kappa shape index (κ1) is 19.4. The molecular weight excluding hydrogens is 357 g/mol. The van der Waals surface area contributed by atoms with Gasteiger partial charge in [0.25, 0.3) is 5.91 Å². The van der Waals surface area contributed by atoms with Crippen LogP contribution in [0.4, 0.5) is 10.3 Å². The number of nitrogen functional groups attached to an aromatic ring is 1. The van der Waals surface area contributed by atoms with Crippen LogP contribution >= 0.6 is 0 Å². The van der Waals surface area contributed by atoms with E-state index in [0.29, 0.717) is 18.8 Å². The molecule has 2 heterocycles. The molecule has 7 heteroatoms. The molecule has 3 rings (SSSR count). The third-order valence-corrected chi connectivity index (χ3v) is 4.27. The number of rotatable bonds is 6. The number of carbonyl (C=O) groups excluding carboxylic acids is 1. The number of benzene rings is 1. The van der Waals surface area contributed by atoms with Gasteiger partial charge in [0.1, 0.15) is 11.5 Å². The van der Waals surface area contributed by atoms with E-state index < -0.39 is 0 Å². The van der Waals surface area contributed by atoms with Crippen LogP contribution in [0.15, 0.2) is 54.9 Å². The molecule has 1 amide bonds. The van der Waals surface area contributed by atoms with Crippen molar-refractivity contribution in [2.24, 2.45) is 0 Å². The van der Waals surface area contributed by atoms with Crippen LogP contribution in [-0.4, -0.2) is 25.8 Å². The molecule has 28 heavy (non-hydrogen) atoms. The smallest absolute Gasteiger partial charge is 0.273 e. The molecule has 0 radical (unpaired) electrons. The van der Waals surface area contributed by atoms with Crippen molar-refractivity contribution in [3.05, 3.63) is 83.2 Å². The Bertz CT molecular complexity index is 945. The van der Waals surface area contributed by atoms with Gasteiger partial charge in [-0.3, -0.25) is 9.78 Å². The molecule has 0 aliphatic heterocycles. The van der Waals surface area contributed by atoms with Gasteiger partial charge in [0, 0.05) is 31.2 Å².